The van der Waals surface area contributed by atoms with Gasteiger partial charge in [-0.2, -0.15) is 0 Å². The number of nitrogens with one attached hydrogen (secondary N) is 1. The SMILES string of the molecule is CCc1cccc2c(/C=C3/CN(CC)Cc4c3nc3ccccc3c4C(=O)O)c[nH]c12. The van der Waals surface area contributed by atoms with Gasteiger partial charge in [0.2, 0.25) is 0 Å². The van der Waals surface area contributed by atoms with Gasteiger partial charge >= 0.3 is 5.97 Å². The van der Waals surface area contributed by atoms with Crippen molar-refractivity contribution < 1.29 is 9.90 Å². The number of hydrogen-bond acceptors (Lipinski definition) is 3. The van der Waals surface area contributed by atoms with Gasteiger partial charge in [-0.3, -0.25) is 4.90 Å². The summed E-state index contributed by atoms with van der Waals surface area (Å²) in [5.74, 6) is -0.896. The molecule has 0 bridgehead atoms. The van der Waals surface area contributed by atoms with Crippen LogP contribution in [0.2, 0.25) is 0 Å². The van der Waals surface area contributed by atoms with Crippen molar-refractivity contribution in [1.29, 1.82) is 0 Å². The Morgan fingerprint density at radius 2 is 1.94 bits per heavy atom. The highest BCUT2D eigenvalue weighted by molar-refractivity contribution is 6.06. The molecule has 1 aliphatic heterocycles. The maximum Gasteiger partial charge on any atom is 0.336 e. The number of nitrogens with zero attached hydrogens (tertiary/aromatic N) is 2. The van der Waals surface area contributed by atoms with E-state index >= 15 is 0 Å². The van der Waals surface area contributed by atoms with E-state index < -0.39 is 5.97 Å². The third-order valence-electron chi connectivity index (χ3n) is 6.28. The van der Waals surface area contributed by atoms with Gasteiger partial charge in [0.15, 0.2) is 0 Å². The largest absolute Gasteiger partial charge is 0.478 e. The summed E-state index contributed by atoms with van der Waals surface area (Å²) in [5.41, 5.74) is 7.33. The van der Waals surface area contributed by atoms with Crippen LogP contribution in [0.25, 0.3) is 33.5 Å². The highest BCUT2D eigenvalue weighted by Gasteiger charge is 2.28. The van der Waals surface area contributed by atoms with Gasteiger partial charge in [0, 0.05) is 46.7 Å². The number of benzene rings is 2. The normalized spacial score (nSPS) is 15.6. The molecule has 31 heavy (non-hydrogen) atoms. The number of pyridine rings is 1. The van der Waals surface area contributed by atoms with Gasteiger partial charge in [-0.15, -0.1) is 0 Å². The van der Waals surface area contributed by atoms with Crippen LogP contribution in [0, 0.1) is 0 Å². The predicted molar refractivity (Wildman–Crippen MR) is 125 cm³/mol. The Morgan fingerprint density at radius 3 is 2.71 bits per heavy atom. The predicted octanol–water partition coefficient (Wildman–Crippen LogP) is 5.35. The zero-order chi connectivity index (χ0) is 21.5. The van der Waals surface area contributed by atoms with E-state index in [9.17, 15) is 9.90 Å². The van der Waals surface area contributed by atoms with E-state index in [1.807, 2.05) is 30.5 Å². The van der Waals surface area contributed by atoms with Crippen LogP contribution in [-0.2, 0) is 13.0 Å². The number of hydrogen-bond donors (Lipinski definition) is 2. The van der Waals surface area contributed by atoms with Gasteiger partial charge in [-0.1, -0.05) is 50.2 Å². The molecule has 4 aromatic rings. The number of fused-ring (bicyclic) bond motifs is 3. The fourth-order valence-electron chi connectivity index (χ4n) is 4.69. The zero-order valence-corrected chi connectivity index (χ0v) is 17.8. The van der Waals surface area contributed by atoms with Crippen LogP contribution in [-0.4, -0.2) is 39.0 Å². The van der Waals surface area contributed by atoms with Crippen LogP contribution in [0.4, 0.5) is 0 Å². The van der Waals surface area contributed by atoms with Crippen molar-refractivity contribution in [2.45, 2.75) is 26.8 Å². The van der Waals surface area contributed by atoms with E-state index in [1.165, 1.54) is 10.9 Å². The molecule has 5 heteroatoms. The number of aromatic amines is 1. The smallest absolute Gasteiger partial charge is 0.336 e. The Hall–Kier alpha value is -3.44. The Bertz CT molecular complexity index is 1350. The highest BCUT2D eigenvalue weighted by Crippen LogP contribution is 2.35. The number of carbonyl (C=O) groups is 1. The number of H-pyrrole nitrogens is 1. The van der Waals surface area contributed by atoms with Crippen molar-refractivity contribution in [1.82, 2.24) is 14.9 Å². The van der Waals surface area contributed by atoms with E-state index in [1.54, 1.807) is 0 Å². The van der Waals surface area contributed by atoms with E-state index in [0.29, 0.717) is 17.5 Å². The molecule has 5 nitrogen and oxygen atoms in total. The van der Waals surface area contributed by atoms with Crippen molar-refractivity contribution in [2.75, 3.05) is 13.1 Å². The van der Waals surface area contributed by atoms with E-state index in [-0.39, 0.29) is 0 Å². The second-order valence-corrected chi connectivity index (χ2v) is 8.05. The van der Waals surface area contributed by atoms with Crippen LogP contribution >= 0.6 is 0 Å². The first kappa shape index (κ1) is 19.5. The Balaban J connectivity index is 1.76. The molecule has 0 radical (unpaired) electrons. The molecule has 0 aliphatic carbocycles. The summed E-state index contributed by atoms with van der Waals surface area (Å²) >= 11 is 0. The summed E-state index contributed by atoms with van der Waals surface area (Å²) in [5, 5.41) is 12.0. The monoisotopic (exact) mass is 411 g/mol. The molecule has 0 saturated heterocycles. The number of carboxylic acids is 1. The number of para-hydroxylation sites is 2. The molecule has 1 aliphatic rings. The van der Waals surface area contributed by atoms with Crippen LogP contribution in [0.15, 0.2) is 48.7 Å². The van der Waals surface area contributed by atoms with Gasteiger partial charge in [0.1, 0.15) is 0 Å². The van der Waals surface area contributed by atoms with Gasteiger partial charge in [-0.05, 0) is 36.2 Å². The molecule has 0 fully saturated rings. The fourth-order valence-corrected chi connectivity index (χ4v) is 4.69. The van der Waals surface area contributed by atoms with Crippen molar-refractivity contribution >= 4 is 39.4 Å². The summed E-state index contributed by atoms with van der Waals surface area (Å²) in [6.07, 6.45) is 5.18. The minimum atomic E-state index is -0.896. The topological polar surface area (TPSA) is 69.2 Å². The van der Waals surface area contributed by atoms with Crippen LogP contribution < -0.4 is 0 Å². The molecule has 0 spiro atoms. The maximum atomic E-state index is 12.3. The van der Waals surface area contributed by atoms with Crippen molar-refractivity contribution in [3.05, 3.63) is 76.6 Å². The molecule has 0 unspecified atom stereocenters. The summed E-state index contributed by atoms with van der Waals surface area (Å²) in [4.78, 5) is 22.9. The molecule has 2 N–H and O–H groups in total. The third-order valence-corrected chi connectivity index (χ3v) is 6.28. The first-order valence-electron chi connectivity index (χ1n) is 10.8. The lowest BCUT2D eigenvalue weighted by molar-refractivity contribution is 0.0696. The Morgan fingerprint density at radius 1 is 1.13 bits per heavy atom. The average Bonchev–Trinajstić information content (AvgIpc) is 3.20. The molecule has 156 valence electrons. The molecule has 0 amide bonds. The number of aryl methyl sites for hydroxylation is 1. The van der Waals surface area contributed by atoms with E-state index in [0.717, 1.165) is 52.9 Å². The summed E-state index contributed by atoms with van der Waals surface area (Å²) in [6, 6.07) is 13.9. The fraction of sp³-hybridized carbons (Fsp3) is 0.231. The number of carboxylic acid groups (broad SMARTS) is 1. The number of likely N-dealkylation sites (N-methyl/N-ethyl adjacent to an activating group) is 1. The van der Waals surface area contributed by atoms with Gasteiger partial charge in [0.25, 0.3) is 0 Å². The number of aromatic nitrogens is 2. The molecule has 2 aromatic carbocycles. The molecular formula is C26H25N3O2. The standard InChI is InChI=1S/C26H25N3O2/c1-3-16-8-7-10-19-17(13-27-24(16)19)12-18-14-29(4-2)15-21-23(26(30)31)20-9-5-6-11-22(20)28-25(18)21/h5-13,27H,3-4,14-15H2,1-2H3,(H,30,31)/b18-12-. The van der Waals surface area contributed by atoms with Crippen molar-refractivity contribution in [2.24, 2.45) is 0 Å². The number of aromatic carboxylic acids is 1. The molecule has 5 rings (SSSR count). The van der Waals surface area contributed by atoms with Crippen molar-refractivity contribution in [3.8, 4) is 0 Å². The molecular weight excluding hydrogens is 386 g/mol. The minimum Gasteiger partial charge on any atom is -0.478 e. The molecule has 2 aromatic heterocycles. The van der Waals surface area contributed by atoms with Gasteiger partial charge in [0.05, 0.1) is 16.8 Å². The Labute approximate surface area is 181 Å². The summed E-state index contributed by atoms with van der Waals surface area (Å²) in [7, 11) is 0. The van der Waals surface area contributed by atoms with Crippen LogP contribution in [0.5, 0.6) is 0 Å². The molecule has 0 saturated carbocycles. The van der Waals surface area contributed by atoms with Crippen LogP contribution in [0.3, 0.4) is 0 Å². The molecule has 3 heterocycles. The zero-order valence-electron chi connectivity index (χ0n) is 17.8. The van der Waals surface area contributed by atoms with Gasteiger partial charge in [-0.25, -0.2) is 9.78 Å². The minimum absolute atomic E-state index is 0.372. The summed E-state index contributed by atoms with van der Waals surface area (Å²) in [6.45, 7) is 6.45. The van der Waals surface area contributed by atoms with Crippen LogP contribution in [0.1, 0.15) is 46.6 Å². The lowest BCUT2D eigenvalue weighted by Crippen LogP contribution is -2.31. The Kier molecular flexibility index (Phi) is 4.83. The molecule has 0 atom stereocenters. The lowest BCUT2D eigenvalue weighted by Gasteiger charge is -2.30. The van der Waals surface area contributed by atoms with E-state index in [2.05, 4.69) is 48.0 Å². The maximum absolute atomic E-state index is 12.3. The third kappa shape index (κ3) is 3.22. The quantitative estimate of drug-likeness (QED) is 0.475. The second kappa shape index (κ2) is 7.67. The first-order chi connectivity index (χ1) is 15.1. The highest BCUT2D eigenvalue weighted by atomic mass is 16.4. The average molecular weight is 412 g/mol. The van der Waals surface area contributed by atoms with E-state index in [4.69, 9.17) is 4.98 Å². The van der Waals surface area contributed by atoms with Gasteiger partial charge < -0.3 is 10.1 Å². The number of rotatable bonds is 4. The first-order valence-corrected chi connectivity index (χ1v) is 10.8. The second-order valence-electron chi connectivity index (χ2n) is 8.05. The van der Waals surface area contributed by atoms with Crippen molar-refractivity contribution in [3.63, 3.8) is 0 Å². The lowest BCUT2D eigenvalue weighted by atomic mass is 9.92. The summed E-state index contributed by atoms with van der Waals surface area (Å²) < 4.78 is 0.